The van der Waals surface area contributed by atoms with Crippen molar-refractivity contribution in [3.8, 4) is 18.0 Å². The molecule has 0 saturated heterocycles. The molecule has 0 aliphatic carbocycles. The van der Waals surface area contributed by atoms with Gasteiger partial charge in [-0.1, -0.05) is 0 Å². The molecule has 21 heavy (non-hydrogen) atoms. The Balaban J connectivity index is 2.78. The first kappa shape index (κ1) is 16.1. The van der Waals surface area contributed by atoms with E-state index in [9.17, 15) is 0 Å². The smallest absolute Gasteiger partial charge is 0.326 e. The summed E-state index contributed by atoms with van der Waals surface area (Å²) in [7, 11) is 0. The van der Waals surface area contributed by atoms with Crippen LogP contribution in [0.15, 0.2) is 37.0 Å². The zero-order valence-electron chi connectivity index (χ0n) is 11.0. The maximum Gasteiger partial charge on any atom is 0.326 e. The molecule has 0 aliphatic rings. The highest BCUT2D eigenvalue weighted by molar-refractivity contribution is 5.09. The van der Waals surface area contributed by atoms with E-state index < -0.39 is 0 Å². The van der Waals surface area contributed by atoms with Gasteiger partial charge in [-0.2, -0.15) is 0 Å². The van der Waals surface area contributed by atoms with Crippen molar-refractivity contribution in [3.05, 3.63) is 37.0 Å². The highest BCUT2D eigenvalue weighted by Crippen LogP contribution is 2.14. The third-order valence-electron chi connectivity index (χ3n) is 1.82. The SMILES string of the molecule is OC=CCOc1nc(OCC=CO)nc(OCC=CO)n1. The van der Waals surface area contributed by atoms with E-state index in [0.29, 0.717) is 0 Å². The Kier molecular flexibility index (Phi) is 7.58. The summed E-state index contributed by atoms with van der Waals surface area (Å²) in [4.78, 5) is 11.6. The average Bonchev–Trinajstić information content (AvgIpc) is 2.48. The zero-order valence-corrected chi connectivity index (χ0v) is 11.0. The van der Waals surface area contributed by atoms with Crippen LogP contribution < -0.4 is 14.2 Å². The van der Waals surface area contributed by atoms with Gasteiger partial charge in [-0.3, -0.25) is 0 Å². The van der Waals surface area contributed by atoms with Gasteiger partial charge in [-0.25, -0.2) is 0 Å². The number of hydrogen-bond donors (Lipinski definition) is 3. The highest BCUT2D eigenvalue weighted by Gasteiger charge is 2.09. The first-order valence-corrected chi connectivity index (χ1v) is 5.82. The molecule has 0 aliphatic heterocycles. The van der Waals surface area contributed by atoms with Crippen molar-refractivity contribution < 1.29 is 29.5 Å². The summed E-state index contributed by atoms with van der Waals surface area (Å²) in [6.07, 6.45) is 6.51. The van der Waals surface area contributed by atoms with Crippen LogP contribution in [0.5, 0.6) is 18.0 Å². The number of aliphatic hydroxyl groups is 3. The molecule has 0 fully saturated rings. The number of aliphatic hydroxyl groups excluding tert-OH is 3. The highest BCUT2D eigenvalue weighted by atomic mass is 16.5. The number of aromatic nitrogens is 3. The molecule has 1 aromatic rings. The summed E-state index contributed by atoms with van der Waals surface area (Å²) >= 11 is 0. The van der Waals surface area contributed by atoms with Crippen molar-refractivity contribution in [1.82, 2.24) is 15.0 Å². The van der Waals surface area contributed by atoms with E-state index in [1.165, 1.54) is 18.2 Å². The van der Waals surface area contributed by atoms with E-state index in [-0.39, 0.29) is 37.9 Å². The summed E-state index contributed by atoms with van der Waals surface area (Å²) in [5, 5.41) is 25.5. The molecular formula is C12H15N3O6. The molecule has 0 radical (unpaired) electrons. The topological polar surface area (TPSA) is 127 Å². The van der Waals surface area contributed by atoms with E-state index in [0.717, 1.165) is 18.8 Å². The van der Waals surface area contributed by atoms with Gasteiger partial charge in [-0.05, 0) is 18.2 Å². The minimum absolute atomic E-state index is 0.0481. The number of nitrogens with zero attached hydrogens (tertiary/aromatic N) is 3. The fraction of sp³-hybridized carbons (Fsp3) is 0.250. The third-order valence-corrected chi connectivity index (χ3v) is 1.82. The Morgan fingerprint density at radius 1 is 0.619 bits per heavy atom. The van der Waals surface area contributed by atoms with Crippen molar-refractivity contribution in [2.45, 2.75) is 0 Å². The summed E-state index contributed by atoms with van der Waals surface area (Å²) in [6.45, 7) is 0.144. The molecule has 1 aromatic heterocycles. The Morgan fingerprint density at radius 2 is 0.905 bits per heavy atom. The van der Waals surface area contributed by atoms with Crippen molar-refractivity contribution in [3.63, 3.8) is 0 Å². The lowest BCUT2D eigenvalue weighted by atomic mass is 10.7. The van der Waals surface area contributed by atoms with Crippen LogP contribution in [0.1, 0.15) is 0 Å². The normalized spacial score (nSPS) is 11.4. The molecule has 0 saturated carbocycles. The van der Waals surface area contributed by atoms with Crippen LogP contribution >= 0.6 is 0 Å². The second-order valence-electron chi connectivity index (χ2n) is 3.27. The summed E-state index contributed by atoms with van der Waals surface area (Å²) < 4.78 is 15.4. The maximum absolute atomic E-state index is 8.51. The molecule has 1 heterocycles. The van der Waals surface area contributed by atoms with Gasteiger partial charge >= 0.3 is 18.0 Å². The van der Waals surface area contributed by atoms with Crippen LogP contribution in [0, 0.1) is 0 Å². The second kappa shape index (κ2) is 9.89. The van der Waals surface area contributed by atoms with Gasteiger partial charge in [-0.15, -0.1) is 15.0 Å². The van der Waals surface area contributed by atoms with E-state index in [2.05, 4.69) is 15.0 Å². The van der Waals surface area contributed by atoms with E-state index in [1.807, 2.05) is 0 Å². The Bertz CT molecular complexity index is 420. The van der Waals surface area contributed by atoms with Crippen LogP contribution in [0.3, 0.4) is 0 Å². The Morgan fingerprint density at radius 3 is 1.14 bits per heavy atom. The molecule has 9 nitrogen and oxygen atoms in total. The predicted molar refractivity (Wildman–Crippen MR) is 71.6 cm³/mol. The number of rotatable bonds is 9. The van der Waals surface area contributed by atoms with E-state index in [4.69, 9.17) is 29.5 Å². The van der Waals surface area contributed by atoms with Gasteiger partial charge in [0.2, 0.25) is 0 Å². The van der Waals surface area contributed by atoms with Crippen molar-refractivity contribution in [2.75, 3.05) is 19.8 Å². The summed E-state index contributed by atoms with van der Waals surface area (Å²) in [5.41, 5.74) is 0. The van der Waals surface area contributed by atoms with Gasteiger partial charge in [0.05, 0.1) is 18.8 Å². The van der Waals surface area contributed by atoms with Crippen LogP contribution in [0.25, 0.3) is 0 Å². The van der Waals surface area contributed by atoms with E-state index >= 15 is 0 Å². The third kappa shape index (κ3) is 6.66. The summed E-state index contributed by atoms with van der Waals surface area (Å²) in [5.74, 6) is 0. The lowest BCUT2D eigenvalue weighted by Crippen LogP contribution is -2.07. The minimum Gasteiger partial charge on any atom is -0.516 e. The maximum atomic E-state index is 8.51. The Hall–Kier alpha value is -2.97. The molecule has 0 atom stereocenters. The van der Waals surface area contributed by atoms with Gasteiger partial charge in [0, 0.05) is 0 Å². The van der Waals surface area contributed by atoms with Crippen molar-refractivity contribution >= 4 is 0 Å². The summed E-state index contributed by atoms with van der Waals surface area (Å²) in [6, 6.07) is -0.183. The largest absolute Gasteiger partial charge is 0.516 e. The molecule has 0 unspecified atom stereocenters. The first-order chi connectivity index (χ1) is 10.3. The lowest BCUT2D eigenvalue weighted by Gasteiger charge is -2.07. The molecule has 0 bridgehead atoms. The molecule has 0 spiro atoms. The number of ether oxygens (including phenoxy) is 3. The van der Waals surface area contributed by atoms with Gasteiger partial charge in [0.15, 0.2) is 0 Å². The van der Waals surface area contributed by atoms with E-state index in [1.54, 1.807) is 0 Å². The van der Waals surface area contributed by atoms with Crippen LogP contribution in [-0.2, 0) is 0 Å². The quantitative estimate of drug-likeness (QED) is 0.576. The minimum atomic E-state index is -0.0611. The Labute approximate surface area is 120 Å². The van der Waals surface area contributed by atoms with Gasteiger partial charge < -0.3 is 29.5 Å². The predicted octanol–water partition coefficient (Wildman–Crippen LogP) is 1.22. The van der Waals surface area contributed by atoms with Gasteiger partial charge in [0.1, 0.15) is 19.8 Å². The number of hydrogen-bond acceptors (Lipinski definition) is 9. The monoisotopic (exact) mass is 297 g/mol. The second-order valence-corrected chi connectivity index (χ2v) is 3.27. The zero-order chi connectivity index (χ0) is 15.3. The molecule has 0 amide bonds. The lowest BCUT2D eigenvalue weighted by molar-refractivity contribution is 0.265. The van der Waals surface area contributed by atoms with Crippen molar-refractivity contribution in [1.29, 1.82) is 0 Å². The molecular weight excluding hydrogens is 282 g/mol. The fourth-order valence-electron chi connectivity index (χ4n) is 1.01. The van der Waals surface area contributed by atoms with Crippen LogP contribution in [-0.4, -0.2) is 50.1 Å². The first-order valence-electron chi connectivity index (χ1n) is 5.82. The molecule has 114 valence electrons. The molecule has 3 N–H and O–H groups in total. The van der Waals surface area contributed by atoms with Crippen LogP contribution in [0.2, 0.25) is 0 Å². The molecule has 9 heteroatoms. The molecule has 1 rings (SSSR count). The average molecular weight is 297 g/mol. The standard InChI is InChI=1S/C12H15N3O6/c16-4-1-7-19-10-13-11(20-8-2-5-17)15-12(14-10)21-9-3-6-18/h1-6,16-18H,7-9H2. The van der Waals surface area contributed by atoms with Gasteiger partial charge in [0.25, 0.3) is 0 Å². The van der Waals surface area contributed by atoms with Crippen molar-refractivity contribution in [2.24, 2.45) is 0 Å². The fourth-order valence-corrected chi connectivity index (χ4v) is 1.01. The van der Waals surface area contributed by atoms with Crippen LogP contribution in [0.4, 0.5) is 0 Å². The molecule has 0 aromatic carbocycles.